The summed E-state index contributed by atoms with van der Waals surface area (Å²) in [6.07, 6.45) is 9.79. The van der Waals surface area contributed by atoms with Crippen molar-refractivity contribution >= 4 is 15.9 Å². The van der Waals surface area contributed by atoms with Gasteiger partial charge >= 0.3 is 0 Å². The molecule has 0 bridgehead atoms. The summed E-state index contributed by atoms with van der Waals surface area (Å²) >= 11 is 3.42. The smallest absolute Gasteiger partial charge is 0.0642 e. The Morgan fingerprint density at radius 3 is 2.76 bits per heavy atom. The monoisotopic (exact) mass is 349 g/mol. The summed E-state index contributed by atoms with van der Waals surface area (Å²) in [6.45, 7) is 6.34. The molecule has 0 aliphatic rings. The van der Waals surface area contributed by atoms with Gasteiger partial charge in [0.2, 0.25) is 0 Å². The number of pyridine rings is 1. The van der Waals surface area contributed by atoms with Crippen LogP contribution >= 0.6 is 15.9 Å². The van der Waals surface area contributed by atoms with Crippen LogP contribution in [0.4, 0.5) is 0 Å². The van der Waals surface area contributed by atoms with Crippen molar-refractivity contribution in [3.05, 3.63) is 52.5 Å². The van der Waals surface area contributed by atoms with Crippen molar-refractivity contribution in [2.24, 2.45) is 0 Å². The molecular weight excluding hydrogens is 326 g/mol. The van der Waals surface area contributed by atoms with Gasteiger partial charge in [0.05, 0.1) is 12.2 Å². The van der Waals surface area contributed by atoms with E-state index in [1.54, 1.807) is 0 Å². The summed E-state index contributed by atoms with van der Waals surface area (Å²) in [6, 6.07) is 6.79. The highest BCUT2D eigenvalue weighted by atomic mass is 79.9. The molecule has 1 unspecified atom stereocenters. The zero-order valence-electron chi connectivity index (χ0n) is 12.8. The van der Waals surface area contributed by atoms with Gasteiger partial charge in [-0.25, -0.2) is 0 Å². The highest BCUT2D eigenvalue weighted by Gasteiger charge is 2.11. The molecule has 4 heteroatoms. The van der Waals surface area contributed by atoms with Crippen LogP contribution in [0, 0.1) is 0 Å². The molecule has 3 nitrogen and oxygen atoms in total. The first-order valence-electron chi connectivity index (χ1n) is 7.72. The average Bonchev–Trinajstić information content (AvgIpc) is 2.94. The molecule has 1 atom stereocenters. The number of nitrogens with zero attached hydrogens (tertiary/aromatic N) is 2. The van der Waals surface area contributed by atoms with Crippen molar-refractivity contribution in [2.75, 3.05) is 6.54 Å². The number of rotatable bonds is 8. The predicted octanol–water partition coefficient (Wildman–Crippen LogP) is 4.53. The molecule has 0 saturated carbocycles. The number of halogens is 1. The van der Waals surface area contributed by atoms with E-state index in [0.29, 0.717) is 6.04 Å². The molecule has 0 aromatic carbocycles. The van der Waals surface area contributed by atoms with Crippen LogP contribution in [0.5, 0.6) is 0 Å². The maximum atomic E-state index is 4.43. The Bertz CT molecular complexity index is 533. The van der Waals surface area contributed by atoms with E-state index in [0.717, 1.165) is 23.3 Å². The van der Waals surface area contributed by atoms with Crippen LogP contribution in [0.15, 0.2) is 41.3 Å². The Kier molecular flexibility index (Phi) is 6.46. The molecule has 1 N–H and O–H groups in total. The second-order valence-electron chi connectivity index (χ2n) is 5.38. The summed E-state index contributed by atoms with van der Waals surface area (Å²) in [5, 5.41) is 3.64. The average molecular weight is 350 g/mol. The van der Waals surface area contributed by atoms with Crippen molar-refractivity contribution in [3.63, 3.8) is 0 Å². The second-order valence-corrected chi connectivity index (χ2v) is 6.30. The summed E-state index contributed by atoms with van der Waals surface area (Å²) < 4.78 is 3.23. The Morgan fingerprint density at radius 1 is 1.24 bits per heavy atom. The molecule has 0 spiro atoms. The molecule has 2 rings (SSSR count). The quantitative estimate of drug-likeness (QED) is 0.758. The van der Waals surface area contributed by atoms with Crippen LogP contribution in [-0.4, -0.2) is 16.1 Å². The highest BCUT2D eigenvalue weighted by molar-refractivity contribution is 9.10. The van der Waals surface area contributed by atoms with Gasteiger partial charge in [0.1, 0.15) is 0 Å². The van der Waals surface area contributed by atoms with Crippen molar-refractivity contribution in [3.8, 4) is 0 Å². The maximum absolute atomic E-state index is 4.43. The largest absolute Gasteiger partial charge is 0.348 e. The van der Waals surface area contributed by atoms with Crippen LogP contribution in [0.1, 0.15) is 50.4 Å². The molecule has 0 fully saturated rings. The third-order valence-corrected chi connectivity index (χ3v) is 4.00. The van der Waals surface area contributed by atoms with Crippen LogP contribution in [0.2, 0.25) is 0 Å². The van der Waals surface area contributed by atoms with E-state index >= 15 is 0 Å². The summed E-state index contributed by atoms with van der Waals surface area (Å²) in [4.78, 5) is 4.43. The number of hydrogen-bond acceptors (Lipinski definition) is 2. The Labute approximate surface area is 135 Å². The lowest BCUT2D eigenvalue weighted by molar-refractivity contribution is 0.493. The minimum absolute atomic E-state index is 0.467. The first-order chi connectivity index (χ1) is 10.2. The molecule has 2 heterocycles. The second kappa shape index (κ2) is 8.35. The van der Waals surface area contributed by atoms with Crippen molar-refractivity contribution in [1.29, 1.82) is 0 Å². The first kappa shape index (κ1) is 16.2. The van der Waals surface area contributed by atoms with Crippen molar-refractivity contribution in [2.45, 2.75) is 45.7 Å². The van der Waals surface area contributed by atoms with Crippen LogP contribution in [-0.2, 0) is 6.54 Å². The number of hydrogen-bond donors (Lipinski definition) is 1. The van der Waals surface area contributed by atoms with Gasteiger partial charge in [0.25, 0.3) is 0 Å². The fourth-order valence-electron chi connectivity index (χ4n) is 2.44. The van der Waals surface area contributed by atoms with E-state index in [1.807, 2.05) is 12.3 Å². The van der Waals surface area contributed by atoms with E-state index < -0.39 is 0 Å². The van der Waals surface area contributed by atoms with Crippen molar-refractivity contribution in [1.82, 2.24) is 14.9 Å². The molecule has 0 radical (unpaired) electrons. The Morgan fingerprint density at radius 2 is 2.10 bits per heavy atom. The zero-order valence-corrected chi connectivity index (χ0v) is 14.4. The molecule has 114 valence electrons. The van der Waals surface area contributed by atoms with Crippen LogP contribution in [0.25, 0.3) is 0 Å². The van der Waals surface area contributed by atoms with Crippen LogP contribution in [0.3, 0.4) is 0 Å². The molecule has 0 aliphatic carbocycles. The Balaban J connectivity index is 2.03. The third-order valence-electron chi connectivity index (χ3n) is 3.53. The van der Waals surface area contributed by atoms with Gasteiger partial charge in [-0.2, -0.15) is 0 Å². The molecule has 0 aliphatic heterocycles. The molecular formula is C17H24BrN3. The van der Waals surface area contributed by atoms with E-state index in [9.17, 15) is 0 Å². The first-order valence-corrected chi connectivity index (χ1v) is 8.51. The third kappa shape index (κ3) is 4.97. The van der Waals surface area contributed by atoms with Crippen LogP contribution < -0.4 is 5.32 Å². The zero-order chi connectivity index (χ0) is 15.1. The fraction of sp³-hybridized carbons (Fsp3) is 0.471. The number of nitrogens with one attached hydrogen (secondary N) is 1. The fourth-order valence-corrected chi connectivity index (χ4v) is 2.68. The lowest BCUT2D eigenvalue weighted by Gasteiger charge is -2.16. The highest BCUT2D eigenvalue weighted by Crippen LogP contribution is 2.19. The van der Waals surface area contributed by atoms with E-state index in [2.05, 4.69) is 69.2 Å². The molecule has 0 saturated heterocycles. The summed E-state index contributed by atoms with van der Waals surface area (Å²) in [7, 11) is 0. The van der Waals surface area contributed by atoms with E-state index in [4.69, 9.17) is 0 Å². The van der Waals surface area contributed by atoms with E-state index in [1.165, 1.54) is 24.8 Å². The Hall–Kier alpha value is -1.13. The lowest BCUT2D eigenvalue weighted by Crippen LogP contribution is -2.21. The van der Waals surface area contributed by atoms with Gasteiger partial charge in [0.15, 0.2) is 0 Å². The van der Waals surface area contributed by atoms with Gasteiger partial charge < -0.3 is 9.88 Å². The molecule has 0 amide bonds. The predicted molar refractivity (Wildman–Crippen MR) is 91.4 cm³/mol. The minimum Gasteiger partial charge on any atom is -0.348 e. The molecule has 2 aromatic rings. The lowest BCUT2D eigenvalue weighted by atomic mass is 10.1. The normalized spacial score (nSPS) is 12.5. The SMILES string of the molecule is CCCNC(CCC)c1ccn(Cc2ccc(Br)cn2)c1. The van der Waals surface area contributed by atoms with Gasteiger partial charge in [-0.3, -0.25) is 4.98 Å². The standard InChI is InChI=1S/C17H24BrN3/c1-3-5-17(19-9-4-2)14-8-10-21(12-14)13-16-7-6-15(18)11-20-16/h6-8,10-12,17,19H,3-5,9,13H2,1-2H3. The maximum Gasteiger partial charge on any atom is 0.0642 e. The topological polar surface area (TPSA) is 29.9 Å². The summed E-state index contributed by atoms with van der Waals surface area (Å²) in [5.41, 5.74) is 2.45. The van der Waals surface area contributed by atoms with Gasteiger partial charge in [-0.15, -0.1) is 0 Å². The van der Waals surface area contributed by atoms with Crippen molar-refractivity contribution < 1.29 is 0 Å². The van der Waals surface area contributed by atoms with E-state index in [-0.39, 0.29) is 0 Å². The molecule has 2 aromatic heterocycles. The molecule has 21 heavy (non-hydrogen) atoms. The van der Waals surface area contributed by atoms with Gasteiger partial charge in [-0.1, -0.05) is 20.3 Å². The number of aromatic nitrogens is 2. The van der Waals surface area contributed by atoms with Gasteiger partial charge in [-0.05, 0) is 59.1 Å². The van der Waals surface area contributed by atoms with Gasteiger partial charge in [0, 0.05) is 29.1 Å². The minimum atomic E-state index is 0.467. The summed E-state index contributed by atoms with van der Waals surface area (Å²) in [5.74, 6) is 0.